The van der Waals surface area contributed by atoms with Crippen molar-refractivity contribution in [1.82, 2.24) is 14.5 Å². The summed E-state index contributed by atoms with van der Waals surface area (Å²) in [7, 11) is 0. The molecule has 1 aliphatic carbocycles. The van der Waals surface area contributed by atoms with E-state index in [1.54, 1.807) is 12.1 Å². The minimum Gasteiger partial charge on any atom is -0.369 e. The van der Waals surface area contributed by atoms with Crippen LogP contribution in [0.5, 0.6) is 0 Å². The lowest BCUT2D eigenvalue weighted by Crippen LogP contribution is -2.51. The first-order valence-electron chi connectivity index (χ1n) is 12.7. The quantitative estimate of drug-likeness (QED) is 0.568. The third-order valence-electron chi connectivity index (χ3n) is 8.29. The molecule has 2 aromatic carbocycles. The largest absolute Gasteiger partial charge is 0.369 e. The number of fused-ring (bicyclic) bond motifs is 1. The number of carbonyl (C=O) groups is 2. The number of likely N-dealkylation sites (tertiary alicyclic amines) is 1. The van der Waals surface area contributed by atoms with Gasteiger partial charge in [-0.05, 0) is 93.6 Å². The zero-order chi connectivity index (χ0) is 24.7. The molecule has 2 fully saturated rings. The van der Waals surface area contributed by atoms with Crippen LogP contribution in [-0.4, -0.2) is 39.4 Å². The summed E-state index contributed by atoms with van der Waals surface area (Å²) in [6.07, 6.45) is 6.09. The molecule has 0 unspecified atom stereocenters. The Morgan fingerprint density at radius 1 is 1.00 bits per heavy atom. The lowest BCUT2D eigenvalue weighted by Gasteiger charge is -2.44. The van der Waals surface area contributed by atoms with Crippen LogP contribution >= 0.6 is 0 Å². The Morgan fingerprint density at radius 3 is 2.23 bits per heavy atom. The summed E-state index contributed by atoms with van der Waals surface area (Å²) in [6, 6.07) is 12.0. The Balaban J connectivity index is 1.60. The number of rotatable bonds is 6. The van der Waals surface area contributed by atoms with Gasteiger partial charge in [-0.3, -0.25) is 14.5 Å². The molecule has 0 bridgehead atoms. The van der Waals surface area contributed by atoms with Crippen molar-refractivity contribution in [2.75, 3.05) is 13.1 Å². The van der Waals surface area contributed by atoms with Gasteiger partial charge in [0, 0.05) is 18.0 Å². The maximum Gasteiger partial charge on any atom is 0.248 e. The molecule has 5 rings (SSSR count). The summed E-state index contributed by atoms with van der Waals surface area (Å²) in [5.41, 5.74) is 17.2. The van der Waals surface area contributed by atoms with Gasteiger partial charge in [0.15, 0.2) is 0 Å². The monoisotopic (exact) mass is 473 g/mol. The maximum absolute atomic E-state index is 11.8. The first kappa shape index (κ1) is 23.5. The lowest BCUT2D eigenvalue weighted by molar-refractivity contribution is -0.123. The predicted molar refractivity (Wildman–Crippen MR) is 137 cm³/mol. The number of piperidine rings is 1. The highest BCUT2D eigenvalue weighted by atomic mass is 16.1. The fraction of sp³-hybridized carbons (Fsp3) is 0.464. The maximum atomic E-state index is 11.8. The van der Waals surface area contributed by atoms with Crippen molar-refractivity contribution in [1.29, 1.82) is 0 Å². The van der Waals surface area contributed by atoms with Crippen molar-refractivity contribution in [2.45, 2.75) is 64.5 Å². The third kappa shape index (κ3) is 4.22. The van der Waals surface area contributed by atoms with Crippen LogP contribution in [0.2, 0.25) is 0 Å². The van der Waals surface area contributed by atoms with E-state index in [4.69, 9.17) is 16.5 Å². The molecule has 2 aliphatic rings. The zero-order valence-electron chi connectivity index (χ0n) is 20.7. The van der Waals surface area contributed by atoms with Crippen LogP contribution in [0.25, 0.3) is 11.0 Å². The van der Waals surface area contributed by atoms with Gasteiger partial charge >= 0.3 is 0 Å². The Labute approximate surface area is 206 Å². The van der Waals surface area contributed by atoms with Crippen molar-refractivity contribution in [2.24, 2.45) is 17.4 Å². The topological polar surface area (TPSA) is 107 Å². The normalized spacial score (nSPS) is 18.8. The number of nitrogens with two attached hydrogens (primary N) is 2. The van der Waals surface area contributed by atoms with Crippen LogP contribution in [0.4, 0.5) is 0 Å². The Hall–Kier alpha value is -3.19. The predicted octanol–water partition coefficient (Wildman–Crippen LogP) is 3.77. The first-order valence-corrected chi connectivity index (χ1v) is 12.7. The summed E-state index contributed by atoms with van der Waals surface area (Å²) in [6.45, 7) is 6.68. The molecule has 2 amide bonds. The van der Waals surface area contributed by atoms with E-state index in [2.05, 4.69) is 35.4 Å². The SMILES string of the molecule is Cc1cc2nc(C3(N4CCC(C(N)=O)CC4)CCCC3)n(Cc3ccc(C(N)=O)cc3)c2cc1C. The van der Waals surface area contributed by atoms with Crippen LogP contribution in [0.1, 0.15) is 71.4 Å². The summed E-state index contributed by atoms with van der Waals surface area (Å²) >= 11 is 0. The fourth-order valence-corrected chi connectivity index (χ4v) is 6.09. The van der Waals surface area contributed by atoms with E-state index >= 15 is 0 Å². The van der Waals surface area contributed by atoms with Gasteiger partial charge in [0.05, 0.1) is 16.6 Å². The summed E-state index contributed by atoms with van der Waals surface area (Å²) in [5, 5.41) is 0. The van der Waals surface area contributed by atoms with E-state index in [0.717, 1.165) is 61.2 Å². The van der Waals surface area contributed by atoms with Crippen molar-refractivity contribution >= 4 is 22.8 Å². The van der Waals surface area contributed by atoms with Gasteiger partial charge in [0.1, 0.15) is 5.82 Å². The highest BCUT2D eigenvalue weighted by Crippen LogP contribution is 2.46. The van der Waals surface area contributed by atoms with E-state index < -0.39 is 5.91 Å². The zero-order valence-corrected chi connectivity index (χ0v) is 20.7. The van der Waals surface area contributed by atoms with Gasteiger partial charge in [-0.2, -0.15) is 0 Å². The summed E-state index contributed by atoms with van der Waals surface area (Å²) < 4.78 is 2.38. The number of carbonyl (C=O) groups excluding carboxylic acids is 2. The number of imidazole rings is 1. The standard InChI is InChI=1S/C28H35N5O2/c1-18-15-23-24(16-19(18)2)33(17-20-5-7-21(8-6-20)25(29)34)27(31-23)28(11-3-4-12-28)32-13-9-22(10-14-32)26(30)35/h5-8,15-16,22H,3-4,9-14,17H2,1-2H3,(H2,29,34)(H2,30,35). The number of amides is 2. The van der Waals surface area contributed by atoms with Crippen LogP contribution in [0.15, 0.2) is 36.4 Å². The van der Waals surface area contributed by atoms with E-state index in [0.29, 0.717) is 12.1 Å². The molecule has 0 atom stereocenters. The van der Waals surface area contributed by atoms with Crippen LogP contribution in [-0.2, 0) is 16.9 Å². The van der Waals surface area contributed by atoms with Gasteiger partial charge in [-0.25, -0.2) is 4.98 Å². The second kappa shape index (κ2) is 9.11. The molecule has 1 aromatic heterocycles. The molecule has 7 heteroatoms. The number of primary amides is 2. The van der Waals surface area contributed by atoms with Crippen molar-refractivity contribution < 1.29 is 9.59 Å². The number of hydrogen-bond donors (Lipinski definition) is 2. The van der Waals surface area contributed by atoms with Crippen LogP contribution < -0.4 is 11.5 Å². The van der Waals surface area contributed by atoms with Gasteiger partial charge in [0.25, 0.3) is 0 Å². The van der Waals surface area contributed by atoms with Gasteiger partial charge < -0.3 is 16.0 Å². The van der Waals surface area contributed by atoms with Crippen molar-refractivity contribution in [3.63, 3.8) is 0 Å². The average Bonchev–Trinajstić information content (AvgIpc) is 3.46. The van der Waals surface area contributed by atoms with Crippen molar-refractivity contribution in [3.05, 3.63) is 64.5 Å². The Morgan fingerprint density at radius 2 is 1.63 bits per heavy atom. The molecule has 1 aliphatic heterocycles. The number of aromatic nitrogens is 2. The average molecular weight is 474 g/mol. The van der Waals surface area contributed by atoms with Gasteiger partial charge in [-0.15, -0.1) is 0 Å². The van der Waals surface area contributed by atoms with E-state index in [1.165, 1.54) is 24.0 Å². The second-order valence-corrected chi connectivity index (χ2v) is 10.4. The molecule has 2 heterocycles. The number of aryl methyl sites for hydroxylation is 2. The molecule has 0 radical (unpaired) electrons. The summed E-state index contributed by atoms with van der Waals surface area (Å²) in [5.74, 6) is 0.493. The number of benzene rings is 2. The molecule has 7 nitrogen and oxygen atoms in total. The molecule has 184 valence electrons. The minimum atomic E-state index is -0.416. The molecule has 1 saturated carbocycles. The van der Waals surface area contributed by atoms with Crippen molar-refractivity contribution in [3.8, 4) is 0 Å². The van der Waals surface area contributed by atoms with E-state index in [1.807, 2.05) is 12.1 Å². The highest BCUT2D eigenvalue weighted by Gasteiger charge is 2.46. The Kier molecular flexibility index (Phi) is 6.13. The minimum absolute atomic E-state index is 0.0300. The molecule has 1 saturated heterocycles. The van der Waals surface area contributed by atoms with Gasteiger partial charge in [0.2, 0.25) is 11.8 Å². The second-order valence-electron chi connectivity index (χ2n) is 10.4. The fourth-order valence-electron chi connectivity index (χ4n) is 6.09. The number of hydrogen-bond acceptors (Lipinski definition) is 4. The molecular formula is C28H35N5O2. The highest BCUT2D eigenvalue weighted by molar-refractivity contribution is 5.92. The Bertz CT molecular complexity index is 1260. The van der Waals surface area contributed by atoms with Crippen LogP contribution in [0, 0.1) is 19.8 Å². The lowest BCUT2D eigenvalue weighted by atomic mass is 9.87. The smallest absolute Gasteiger partial charge is 0.248 e. The molecule has 4 N–H and O–H groups in total. The first-order chi connectivity index (χ1) is 16.8. The molecular weight excluding hydrogens is 438 g/mol. The molecule has 35 heavy (non-hydrogen) atoms. The molecule has 3 aromatic rings. The van der Waals surface area contributed by atoms with Crippen LogP contribution in [0.3, 0.4) is 0 Å². The van der Waals surface area contributed by atoms with E-state index in [-0.39, 0.29) is 17.4 Å². The third-order valence-corrected chi connectivity index (χ3v) is 8.29. The van der Waals surface area contributed by atoms with Gasteiger partial charge in [-0.1, -0.05) is 25.0 Å². The van der Waals surface area contributed by atoms with E-state index in [9.17, 15) is 9.59 Å². The summed E-state index contributed by atoms with van der Waals surface area (Å²) in [4.78, 5) is 31.2. The number of nitrogens with zero attached hydrogens (tertiary/aromatic N) is 3. The molecule has 0 spiro atoms.